The van der Waals surface area contributed by atoms with E-state index in [1.807, 2.05) is 31.2 Å². The van der Waals surface area contributed by atoms with E-state index in [2.05, 4.69) is 46.7 Å². The molecule has 0 unspecified atom stereocenters. The molecule has 0 aliphatic heterocycles. The number of hydrogen-bond acceptors (Lipinski definition) is 5. The van der Waals surface area contributed by atoms with Gasteiger partial charge in [0.2, 0.25) is 5.95 Å². The SMILES string of the molecule is CCNc1nc(Nc2cccc(Br)c2)c2cn[nH]c2n1. The third-order valence-corrected chi connectivity index (χ3v) is 3.23. The van der Waals surface area contributed by atoms with Gasteiger partial charge in [0.1, 0.15) is 5.82 Å². The number of fused-ring (bicyclic) bond motifs is 1. The van der Waals surface area contributed by atoms with Crippen LogP contribution >= 0.6 is 15.9 Å². The number of benzene rings is 1. The highest BCUT2D eigenvalue weighted by Gasteiger charge is 2.09. The Morgan fingerprint density at radius 3 is 3.00 bits per heavy atom. The monoisotopic (exact) mass is 332 g/mol. The zero-order valence-electron chi connectivity index (χ0n) is 10.8. The van der Waals surface area contributed by atoms with Crippen molar-refractivity contribution in [3.63, 3.8) is 0 Å². The van der Waals surface area contributed by atoms with Crippen LogP contribution in [0.2, 0.25) is 0 Å². The summed E-state index contributed by atoms with van der Waals surface area (Å²) in [6.45, 7) is 2.76. The van der Waals surface area contributed by atoms with E-state index in [1.54, 1.807) is 6.20 Å². The molecule has 0 saturated heterocycles. The molecule has 3 aromatic rings. The van der Waals surface area contributed by atoms with Crippen molar-refractivity contribution in [2.75, 3.05) is 17.2 Å². The first kappa shape index (κ1) is 12.9. The first-order valence-electron chi connectivity index (χ1n) is 6.24. The predicted octanol–water partition coefficient (Wildman–Crippen LogP) is 3.29. The summed E-state index contributed by atoms with van der Waals surface area (Å²) in [6, 6.07) is 7.90. The number of hydrogen-bond donors (Lipinski definition) is 3. The molecule has 0 aliphatic rings. The van der Waals surface area contributed by atoms with Gasteiger partial charge in [-0.15, -0.1) is 0 Å². The average Bonchev–Trinajstić information content (AvgIpc) is 2.87. The Bertz CT molecular complexity index is 739. The fourth-order valence-corrected chi connectivity index (χ4v) is 2.27. The minimum absolute atomic E-state index is 0.571. The number of halogens is 1. The normalized spacial score (nSPS) is 10.7. The minimum Gasteiger partial charge on any atom is -0.354 e. The van der Waals surface area contributed by atoms with Crippen molar-refractivity contribution >= 4 is 44.4 Å². The Balaban J connectivity index is 2.02. The molecule has 0 aliphatic carbocycles. The van der Waals surface area contributed by atoms with Crippen LogP contribution in [0.1, 0.15) is 6.92 Å². The molecule has 20 heavy (non-hydrogen) atoms. The van der Waals surface area contributed by atoms with Crippen LogP contribution in [0.3, 0.4) is 0 Å². The van der Waals surface area contributed by atoms with E-state index < -0.39 is 0 Å². The Morgan fingerprint density at radius 1 is 1.30 bits per heavy atom. The molecule has 7 heteroatoms. The fraction of sp³-hybridized carbons (Fsp3) is 0.154. The Labute approximate surface area is 124 Å². The van der Waals surface area contributed by atoms with Gasteiger partial charge in [0, 0.05) is 16.7 Å². The molecular formula is C13H13BrN6. The maximum Gasteiger partial charge on any atom is 0.226 e. The van der Waals surface area contributed by atoms with Crippen LogP contribution in [0, 0.1) is 0 Å². The number of aromatic nitrogens is 4. The van der Waals surface area contributed by atoms with E-state index >= 15 is 0 Å². The van der Waals surface area contributed by atoms with Crippen LogP contribution in [-0.2, 0) is 0 Å². The summed E-state index contributed by atoms with van der Waals surface area (Å²) in [5, 5.41) is 14.1. The second-order valence-electron chi connectivity index (χ2n) is 4.19. The first-order chi connectivity index (χ1) is 9.76. The molecule has 1 aromatic carbocycles. The van der Waals surface area contributed by atoms with Crippen molar-refractivity contribution in [2.24, 2.45) is 0 Å². The van der Waals surface area contributed by atoms with E-state index in [0.29, 0.717) is 11.6 Å². The van der Waals surface area contributed by atoms with Crippen LogP contribution in [0.5, 0.6) is 0 Å². The Hall–Kier alpha value is -2.15. The number of anilines is 3. The van der Waals surface area contributed by atoms with Crippen LogP contribution in [0.25, 0.3) is 11.0 Å². The van der Waals surface area contributed by atoms with Crippen LogP contribution < -0.4 is 10.6 Å². The molecule has 0 amide bonds. The topological polar surface area (TPSA) is 78.5 Å². The van der Waals surface area contributed by atoms with Crippen molar-refractivity contribution in [3.05, 3.63) is 34.9 Å². The zero-order chi connectivity index (χ0) is 13.9. The summed E-state index contributed by atoms with van der Waals surface area (Å²) >= 11 is 3.45. The lowest BCUT2D eigenvalue weighted by Gasteiger charge is -2.09. The predicted molar refractivity (Wildman–Crippen MR) is 83.3 cm³/mol. The summed E-state index contributed by atoms with van der Waals surface area (Å²) in [5.41, 5.74) is 1.65. The molecule has 2 heterocycles. The largest absolute Gasteiger partial charge is 0.354 e. The van der Waals surface area contributed by atoms with Gasteiger partial charge in [-0.3, -0.25) is 5.10 Å². The van der Waals surface area contributed by atoms with Gasteiger partial charge in [-0.1, -0.05) is 22.0 Å². The molecule has 0 fully saturated rings. The standard InChI is InChI=1S/C13H13BrN6/c1-2-15-13-18-11(10-7-16-20-12(10)19-13)17-9-5-3-4-8(14)6-9/h3-7H,2H2,1H3,(H3,15,16,17,18,19,20). The lowest BCUT2D eigenvalue weighted by atomic mass is 10.3. The molecule has 102 valence electrons. The van der Waals surface area contributed by atoms with Gasteiger partial charge in [-0.25, -0.2) is 0 Å². The molecule has 0 spiro atoms. The van der Waals surface area contributed by atoms with Crippen molar-refractivity contribution in [2.45, 2.75) is 6.92 Å². The maximum absolute atomic E-state index is 4.48. The molecular weight excluding hydrogens is 320 g/mol. The van der Waals surface area contributed by atoms with Gasteiger partial charge >= 0.3 is 0 Å². The smallest absolute Gasteiger partial charge is 0.226 e. The minimum atomic E-state index is 0.571. The highest BCUT2D eigenvalue weighted by Crippen LogP contribution is 2.25. The molecule has 0 saturated carbocycles. The van der Waals surface area contributed by atoms with Crippen LogP contribution in [-0.4, -0.2) is 26.7 Å². The molecule has 2 aromatic heterocycles. The second-order valence-corrected chi connectivity index (χ2v) is 5.11. The molecule has 0 radical (unpaired) electrons. The number of nitrogens with one attached hydrogen (secondary N) is 3. The summed E-state index contributed by atoms with van der Waals surface area (Å²) in [4.78, 5) is 8.83. The third-order valence-electron chi connectivity index (χ3n) is 2.73. The zero-order valence-corrected chi connectivity index (χ0v) is 12.4. The van der Waals surface area contributed by atoms with Crippen molar-refractivity contribution < 1.29 is 0 Å². The van der Waals surface area contributed by atoms with Gasteiger partial charge in [-0.2, -0.15) is 15.1 Å². The van der Waals surface area contributed by atoms with Crippen molar-refractivity contribution in [3.8, 4) is 0 Å². The summed E-state index contributed by atoms with van der Waals surface area (Å²) < 4.78 is 1.01. The highest BCUT2D eigenvalue weighted by molar-refractivity contribution is 9.10. The van der Waals surface area contributed by atoms with Crippen LogP contribution in [0.15, 0.2) is 34.9 Å². The van der Waals surface area contributed by atoms with Crippen molar-refractivity contribution in [1.82, 2.24) is 20.2 Å². The highest BCUT2D eigenvalue weighted by atomic mass is 79.9. The van der Waals surface area contributed by atoms with Gasteiger partial charge < -0.3 is 10.6 Å². The van der Waals surface area contributed by atoms with E-state index in [-0.39, 0.29) is 0 Å². The Kier molecular flexibility index (Phi) is 3.51. The summed E-state index contributed by atoms with van der Waals surface area (Å²) in [5.74, 6) is 1.29. The number of aromatic amines is 1. The first-order valence-corrected chi connectivity index (χ1v) is 7.03. The average molecular weight is 333 g/mol. The molecule has 6 nitrogen and oxygen atoms in total. The van der Waals surface area contributed by atoms with Gasteiger partial charge in [0.15, 0.2) is 5.65 Å². The lowest BCUT2D eigenvalue weighted by molar-refractivity contribution is 1.07. The summed E-state index contributed by atoms with van der Waals surface area (Å²) in [7, 11) is 0. The molecule has 3 N–H and O–H groups in total. The maximum atomic E-state index is 4.48. The molecule has 0 atom stereocenters. The summed E-state index contributed by atoms with van der Waals surface area (Å²) in [6.07, 6.45) is 1.71. The number of nitrogens with zero attached hydrogens (tertiary/aromatic N) is 3. The quantitative estimate of drug-likeness (QED) is 0.683. The number of H-pyrrole nitrogens is 1. The van der Waals surface area contributed by atoms with Gasteiger partial charge in [0.25, 0.3) is 0 Å². The second kappa shape index (κ2) is 5.46. The van der Waals surface area contributed by atoms with E-state index in [0.717, 1.165) is 27.9 Å². The van der Waals surface area contributed by atoms with Crippen LogP contribution in [0.4, 0.5) is 17.5 Å². The Morgan fingerprint density at radius 2 is 2.20 bits per heavy atom. The van der Waals surface area contributed by atoms with E-state index in [9.17, 15) is 0 Å². The molecule has 3 rings (SSSR count). The van der Waals surface area contributed by atoms with Crippen molar-refractivity contribution in [1.29, 1.82) is 0 Å². The van der Waals surface area contributed by atoms with E-state index in [1.165, 1.54) is 0 Å². The number of rotatable bonds is 4. The molecule has 0 bridgehead atoms. The lowest BCUT2D eigenvalue weighted by Crippen LogP contribution is -2.04. The van der Waals surface area contributed by atoms with Gasteiger partial charge in [0.05, 0.1) is 11.6 Å². The fourth-order valence-electron chi connectivity index (χ4n) is 1.87. The third kappa shape index (κ3) is 2.57. The van der Waals surface area contributed by atoms with E-state index in [4.69, 9.17) is 0 Å². The van der Waals surface area contributed by atoms with Gasteiger partial charge in [-0.05, 0) is 25.1 Å².